The van der Waals surface area contributed by atoms with E-state index in [9.17, 15) is 4.79 Å². The minimum Gasteiger partial charge on any atom is -0.495 e. The van der Waals surface area contributed by atoms with E-state index in [1.807, 2.05) is 32.0 Å². The van der Waals surface area contributed by atoms with Gasteiger partial charge in [0.2, 0.25) is 0 Å². The SMILES string of the molecule is COc1ccc(N2CCCCC2)cc1NC(=O)c1c(C)noc1C(C)C. The predicted molar refractivity (Wildman–Crippen MR) is 102 cm³/mol. The van der Waals surface area contributed by atoms with Gasteiger partial charge in [0, 0.05) is 24.7 Å². The molecule has 1 aromatic heterocycles. The molecule has 1 aliphatic rings. The number of nitrogens with one attached hydrogen (secondary N) is 1. The molecule has 0 spiro atoms. The molecule has 0 radical (unpaired) electrons. The van der Waals surface area contributed by atoms with E-state index in [2.05, 4.69) is 15.4 Å². The number of hydrogen-bond acceptors (Lipinski definition) is 5. The highest BCUT2D eigenvalue weighted by Gasteiger charge is 2.24. The van der Waals surface area contributed by atoms with Crippen LogP contribution in [0.25, 0.3) is 0 Å². The van der Waals surface area contributed by atoms with Crippen LogP contribution in [-0.2, 0) is 0 Å². The molecule has 1 aliphatic heterocycles. The zero-order valence-corrected chi connectivity index (χ0v) is 16.0. The average Bonchev–Trinajstić information content (AvgIpc) is 3.04. The number of aryl methyl sites for hydroxylation is 1. The molecule has 1 aromatic carbocycles. The van der Waals surface area contributed by atoms with E-state index in [1.165, 1.54) is 19.3 Å². The smallest absolute Gasteiger partial charge is 0.261 e. The molecular weight excluding hydrogens is 330 g/mol. The molecule has 1 amide bonds. The second-order valence-electron chi connectivity index (χ2n) is 7.05. The van der Waals surface area contributed by atoms with Crippen molar-refractivity contribution in [3.05, 3.63) is 35.2 Å². The number of anilines is 2. The van der Waals surface area contributed by atoms with E-state index in [4.69, 9.17) is 9.26 Å². The van der Waals surface area contributed by atoms with Crippen molar-refractivity contribution in [3.63, 3.8) is 0 Å². The molecule has 0 bridgehead atoms. The molecule has 0 unspecified atom stereocenters. The van der Waals surface area contributed by atoms with Gasteiger partial charge in [0.05, 0.1) is 18.5 Å². The van der Waals surface area contributed by atoms with Crippen molar-refractivity contribution < 1.29 is 14.1 Å². The number of benzene rings is 1. The summed E-state index contributed by atoms with van der Waals surface area (Å²) >= 11 is 0. The Morgan fingerprint density at radius 2 is 2.00 bits per heavy atom. The van der Waals surface area contributed by atoms with Gasteiger partial charge in [-0.1, -0.05) is 19.0 Å². The van der Waals surface area contributed by atoms with Crippen LogP contribution in [0.4, 0.5) is 11.4 Å². The van der Waals surface area contributed by atoms with Crippen LogP contribution in [0.3, 0.4) is 0 Å². The first-order valence-corrected chi connectivity index (χ1v) is 9.21. The van der Waals surface area contributed by atoms with Crippen molar-refractivity contribution in [2.75, 3.05) is 30.4 Å². The van der Waals surface area contributed by atoms with Crippen LogP contribution in [0.5, 0.6) is 5.75 Å². The first kappa shape index (κ1) is 18.3. The summed E-state index contributed by atoms with van der Waals surface area (Å²) in [4.78, 5) is 15.2. The van der Waals surface area contributed by atoms with E-state index < -0.39 is 0 Å². The van der Waals surface area contributed by atoms with Crippen LogP contribution >= 0.6 is 0 Å². The number of rotatable bonds is 5. The van der Waals surface area contributed by atoms with Crippen LogP contribution in [-0.4, -0.2) is 31.3 Å². The van der Waals surface area contributed by atoms with Gasteiger partial charge in [0.1, 0.15) is 11.3 Å². The van der Waals surface area contributed by atoms with Gasteiger partial charge in [-0.15, -0.1) is 0 Å². The average molecular weight is 357 g/mol. The fraction of sp³-hybridized carbons (Fsp3) is 0.500. The monoisotopic (exact) mass is 357 g/mol. The molecule has 1 saturated heterocycles. The molecule has 26 heavy (non-hydrogen) atoms. The minimum absolute atomic E-state index is 0.0820. The maximum absolute atomic E-state index is 12.9. The van der Waals surface area contributed by atoms with Crippen molar-refractivity contribution >= 4 is 17.3 Å². The van der Waals surface area contributed by atoms with Crippen LogP contribution in [0, 0.1) is 6.92 Å². The number of piperidine rings is 1. The molecule has 1 fully saturated rings. The third kappa shape index (κ3) is 3.69. The largest absolute Gasteiger partial charge is 0.495 e. The topological polar surface area (TPSA) is 67.6 Å². The van der Waals surface area contributed by atoms with Gasteiger partial charge in [0.25, 0.3) is 5.91 Å². The Bertz CT molecular complexity index is 777. The third-order valence-electron chi connectivity index (χ3n) is 4.79. The zero-order valence-electron chi connectivity index (χ0n) is 16.0. The van der Waals surface area contributed by atoms with Gasteiger partial charge in [-0.25, -0.2) is 0 Å². The summed E-state index contributed by atoms with van der Waals surface area (Å²) in [6, 6.07) is 5.94. The van der Waals surface area contributed by atoms with Crippen LogP contribution < -0.4 is 15.0 Å². The first-order chi connectivity index (χ1) is 12.5. The number of carbonyl (C=O) groups is 1. The number of ether oxygens (including phenoxy) is 1. The molecule has 2 aromatic rings. The Morgan fingerprint density at radius 1 is 1.27 bits per heavy atom. The molecule has 140 valence electrons. The predicted octanol–water partition coefficient (Wildman–Crippen LogP) is 4.36. The minimum atomic E-state index is -0.221. The van der Waals surface area contributed by atoms with Crippen molar-refractivity contribution in [1.82, 2.24) is 5.16 Å². The van der Waals surface area contributed by atoms with Crippen LogP contribution in [0.2, 0.25) is 0 Å². The van der Waals surface area contributed by atoms with Gasteiger partial charge in [0.15, 0.2) is 5.76 Å². The maximum atomic E-state index is 12.9. The van der Waals surface area contributed by atoms with E-state index in [-0.39, 0.29) is 11.8 Å². The van der Waals surface area contributed by atoms with Crippen molar-refractivity contribution in [3.8, 4) is 5.75 Å². The summed E-state index contributed by atoms with van der Waals surface area (Å²) in [7, 11) is 1.61. The third-order valence-corrected chi connectivity index (χ3v) is 4.79. The van der Waals surface area contributed by atoms with Crippen LogP contribution in [0.1, 0.15) is 60.8 Å². The quantitative estimate of drug-likeness (QED) is 0.861. The van der Waals surface area contributed by atoms with E-state index in [0.717, 1.165) is 18.8 Å². The molecule has 2 heterocycles. The van der Waals surface area contributed by atoms with Gasteiger partial charge in [-0.05, 0) is 44.4 Å². The highest BCUT2D eigenvalue weighted by atomic mass is 16.5. The van der Waals surface area contributed by atoms with Gasteiger partial charge in [-0.2, -0.15) is 0 Å². The van der Waals surface area contributed by atoms with Crippen molar-refractivity contribution in [1.29, 1.82) is 0 Å². The molecule has 1 N–H and O–H groups in total. The van der Waals surface area contributed by atoms with Crippen LogP contribution in [0.15, 0.2) is 22.7 Å². The molecule has 0 aliphatic carbocycles. The summed E-state index contributed by atoms with van der Waals surface area (Å²) in [6.45, 7) is 7.83. The Hall–Kier alpha value is -2.50. The molecule has 0 saturated carbocycles. The lowest BCUT2D eigenvalue weighted by atomic mass is 10.0. The lowest BCUT2D eigenvalue weighted by Crippen LogP contribution is -2.29. The summed E-state index contributed by atoms with van der Waals surface area (Å²) in [5.74, 6) is 1.10. The Labute approximate surface area is 154 Å². The van der Waals surface area contributed by atoms with Crippen molar-refractivity contribution in [2.24, 2.45) is 0 Å². The lowest BCUT2D eigenvalue weighted by Gasteiger charge is -2.29. The number of amides is 1. The fourth-order valence-corrected chi connectivity index (χ4v) is 3.38. The Morgan fingerprint density at radius 3 is 2.65 bits per heavy atom. The van der Waals surface area contributed by atoms with E-state index in [1.54, 1.807) is 14.0 Å². The number of aromatic nitrogens is 1. The highest BCUT2D eigenvalue weighted by molar-refractivity contribution is 6.06. The summed E-state index contributed by atoms with van der Waals surface area (Å²) in [5.41, 5.74) is 2.87. The van der Waals surface area contributed by atoms with E-state index in [0.29, 0.717) is 28.5 Å². The molecule has 6 nitrogen and oxygen atoms in total. The van der Waals surface area contributed by atoms with Crippen molar-refractivity contribution in [2.45, 2.75) is 46.0 Å². The van der Waals surface area contributed by atoms with Gasteiger partial charge in [-0.3, -0.25) is 4.79 Å². The van der Waals surface area contributed by atoms with E-state index >= 15 is 0 Å². The highest BCUT2D eigenvalue weighted by Crippen LogP contribution is 2.32. The van der Waals surface area contributed by atoms with Gasteiger partial charge >= 0.3 is 0 Å². The second kappa shape index (κ2) is 7.81. The van der Waals surface area contributed by atoms with Gasteiger partial charge < -0.3 is 19.5 Å². The maximum Gasteiger partial charge on any atom is 0.261 e. The summed E-state index contributed by atoms with van der Waals surface area (Å²) in [6.07, 6.45) is 3.68. The zero-order chi connectivity index (χ0) is 18.7. The molecule has 3 rings (SSSR count). The Balaban J connectivity index is 1.88. The molecule has 6 heteroatoms. The molecule has 0 atom stereocenters. The Kier molecular flexibility index (Phi) is 5.49. The summed E-state index contributed by atoms with van der Waals surface area (Å²) in [5, 5.41) is 6.95. The summed E-state index contributed by atoms with van der Waals surface area (Å²) < 4.78 is 10.8. The number of carbonyl (C=O) groups excluding carboxylic acids is 1. The normalized spacial score (nSPS) is 14.6. The number of hydrogen-bond donors (Lipinski definition) is 1. The second-order valence-corrected chi connectivity index (χ2v) is 7.05. The number of nitrogens with zero attached hydrogens (tertiary/aromatic N) is 2. The fourth-order valence-electron chi connectivity index (χ4n) is 3.38. The number of methoxy groups -OCH3 is 1. The standard InChI is InChI=1S/C20H27N3O3/c1-13(2)19-18(14(3)22-26-19)20(24)21-16-12-15(8-9-17(16)25-4)23-10-6-5-7-11-23/h8-9,12-13H,5-7,10-11H2,1-4H3,(H,21,24). The molecular formula is C20H27N3O3. The first-order valence-electron chi connectivity index (χ1n) is 9.21. The lowest BCUT2D eigenvalue weighted by molar-refractivity contribution is 0.102.